The second-order valence-corrected chi connectivity index (χ2v) is 28.5. The molecule has 1 heterocycles. The summed E-state index contributed by atoms with van der Waals surface area (Å²) in [4.78, 5) is 1.57. The molecule has 0 nitrogen and oxygen atoms in total. The third kappa shape index (κ3) is 11.6. The molecular formula is C36H58F6PSSb. The Kier molecular flexibility index (Phi) is 10.3. The van der Waals surface area contributed by atoms with Gasteiger partial charge in [-0.3, -0.25) is 0 Å². The molecule has 0 spiro atoms. The van der Waals surface area contributed by atoms with Crippen LogP contribution in [-0.2, 0) is 32.5 Å². The molecule has 0 fully saturated rings. The van der Waals surface area contributed by atoms with E-state index >= 15 is 0 Å². The Hall–Kier alpha value is -0.382. The summed E-state index contributed by atoms with van der Waals surface area (Å²) in [5.74, 6) is 0. The molecule has 3 rings (SSSR count). The maximum atomic E-state index is 9.93. The van der Waals surface area contributed by atoms with Crippen molar-refractivity contribution in [2.75, 3.05) is 6.16 Å². The SMILES string of the molecule is CC(C)(C)c1cc(C(C)(C)C)c(S[PH+]2CC(C)(C)c3cc(C(C)(C)C)cc(C(C)(C)C)c32)c(C(C)(C)C)c1.[F][Sb-]([F])([F])([F])([F])[F]. The van der Waals surface area contributed by atoms with E-state index in [-0.39, 0.29) is 32.5 Å². The number of hydrogen-bond donors (Lipinski definition) is 0. The molecule has 1 atom stereocenters. The van der Waals surface area contributed by atoms with Gasteiger partial charge in [-0.05, 0) is 49.3 Å². The molecule has 0 amide bonds. The Morgan fingerprint density at radius 1 is 0.556 bits per heavy atom. The molecule has 0 bridgehead atoms. The van der Waals surface area contributed by atoms with E-state index in [2.05, 4.69) is 153 Å². The van der Waals surface area contributed by atoms with Crippen molar-refractivity contribution in [3.05, 3.63) is 57.6 Å². The summed E-state index contributed by atoms with van der Waals surface area (Å²) in [6, 6.07) is 10.3. The van der Waals surface area contributed by atoms with Gasteiger partial charge in [0.15, 0.2) is 0 Å². The van der Waals surface area contributed by atoms with Crippen molar-refractivity contribution in [3.8, 4) is 0 Å². The topological polar surface area (TPSA) is 0 Å². The van der Waals surface area contributed by atoms with Crippen LogP contribution in [-0.4, -0.2) is 25.6 Å². The maximum absolute atomic E-state index is 11.2. The van der Waals surface area contributed by atoms with Crippen LogP contribution < -0.4 is 5.30 Å². The Balaban J connectivity index is 0.000000900. The average Bonchev–Trinajstić information content (AvgIpc) is 2.97. The summed E-state index contributed by atoms with van der Waals surface area (Å²) in [5.41, 5.74) is 10.0. The van der Waals surface area contributed by atoms with Gasteiger partial charge >= 0.3 is 36.4 Å². The van der Waals surface area contributed by atoms with E-state index in [1.165, 1.54) is 28.4 Å². The Labute approximate surface area is 277 Å². The monoisotopic (exact) mass is 788 g/mol. The second-order valence-electron chi connectivity index (χ2n) is 18.6. The molecule has 0 saturated heterocycles. The molecule has 45 heavy (non-hydrogen) atoms. The molecule has 1 unspecified atom stereocenters. The molecule has 1 aliphatic heterocycles. The Bertz CT molecular complexity index is 1380. The molecule has 0 N–H and O–H groups in total. The molecule has 0 radical (unpaired) electrons. The van der Waals surface area contributed by atoms with E-state index in [0.717, 1.165) is 0 Å². The van der Waals surface area contributed by atoms with E-state index in [9.17, 15) is 16.9 Å². The summed E-state index contributed by atoms with van der Waals surface area (Å²) in [5, 5.41) is 1.71. The fourth-order valence-electron chi connectivity index (χ4n) is 5.58. The predicted octanol–water partition coefficient (Wildman–Crippen LogP) is 13.2. The minimum absolute atomic E-state index is 0.0892. The number of rotatable bonds is 2. The zero-order valence-corrected chi connectivity index (χ0v) is 35.0. The first-order chi connectivity index (χ1) is 19.2. The normalized spacial score (nSPS) is 19.3. The molecule has 260 valence electrons. The van der Waals surface area contributed by atoms with Gasteiger partial charge in [0.2, 0.25) is 0 Å². The number of halogens is 6. The first-order valence-electron chi connectivity index (χ1n) is 15.7. The van der Waals surface area contributed by atoms with Crippen LogP contribution in [0, 0.1) is 0 Å². The van der Waals surface area contributed by atoms with E-state index < -0.39 is 26.6 Å². The van der Waals surface area contributed by atoms with E-state index in [1.54, 1.807) is 21.3 Å². The number of hydrogen-bond acceptors (Lipinski definition) is 1. The Morgan fingerprint density at radius 2 is 0.867 bits per heavy atom. The van der Waals surface area contributed by atoms with Gasteiger partial charge in [0.05, 0.1) is 29.6 Å². The molecule has 0 aromatic heterocycles. The minimum atomic E-state index is -11.2. The zero-order valence-electron chi connectivity index (χ0n) is 30.6. The summed E-state index contributed by atoms with van der Waals surface area (Å²) in [7, 11) is -0.896. The summed E-state index contributed by atoms with van der Waals surface area (Å²) in [6.45, 7) is 40.9. The number of fused-ring (bicyclic) bond motifs is 1. The van der Waals surface area contributed by atoms with Crippen LogP contribution >= 0.6 is 18.5 Å². The van der Waals surface area contributed by atoms with Crippen LogP contribution in [0.25, 0.3) is 0 Å². The van der Waals surface area contributed by atoms with E-state index in [0.29, 0.717) is 0 Å². The van der Waals surface area contributed by atoms with Crippen molar-refractivity contribution in [3.63, 3.8) is 0 Å². The molecular weight excluding hydrogens is 731 g/mol. The molecule has 2 aromatic carbocycles. The molecule has 0 aliphatic carbocycles. The Morgan fingerprint density at radius 3 is 1.18 bits per heavy atom. The van der Waals surface area contributed by atoms with Crippen molar-refractivity contribution < 1.29 is 16.9 Å². The quantitative estimate of drug-likeness (QED) is 0.166. The summed E-state index contributed by atoms with van der Waals surface area (Å²) < 4.78 is 59.6. The van der Waals surface area contributed by atoms with Crippen LogP contribution in [0.4, 0.5) is 16.9 Å². The third-order valence-corrected chi connectivity index (χ3v) is 13.8. The van der Waals surface area contributed by atoms with Gasteiger partial charge in [-0.2, -0.15) is 0 Å². The van der Waals surface area contributed by atoms with Crippen LogP contribution in [0.1, 0.15) is 151 Å². The first-order valence-corrected chi connectivity index (χ1v) is 24.7. The van der Waals surface area contributed by atoms with Crippen molar-refractivity contribution in [1.82, 2.24) is 0 Å². The van der Waals surface area contributed by atoms with Gasteiger partial charge in [0.1, 0.15) is 5.30 Å². The van der Waals surface area contributed by atoms with Gasteiger partial charge < -0.3 is 0 Å². The molecule has 0 saturated carbocycles. The van der Waals surface area contributed by atoms with Gasteiger partial charge in [-0.1, -0.05) is 142 Å². The molecule has 2 aromatic rings. The van der Waals surface area contributed by atoms with Crippen molar-refractivity contribution in [2.45, 2.75) is 155 Å². The summed E-state index contributed by atoms with van der Waals surface area (Å²) in [6.07, 6.45) is 1.28. The third-order valence-electron chi connectivity index (χ3n) is 8.22. The molecule has 9 heteroatoms. The predicted molar refractivity (Wildman–Crippen MR) is 190 cm³/mol. The van der Waals surface area contributed by atoms with Gasteiger partial charge in [0.25, 0.3) is 0 Å². The van der Waals surface area contributed by atoms with Crippen molar-refractivity contribution >= 4 is 43.3 Å². The zero-order chi connectivity index (χ0) is 35.8. The fourth-order valence-corrected chi connectivity index (χ4v) is 13.2. The van der Waals surface area contributed by atoms with Crippen LogP contribution in [0.2, 0.25) is 0 Å². The first kappa shape index (κ1) is 40.8. The van der Waals surface area contributed by atoms with Crippen LogP contribution in [0.5, 0.6) is 0 Å². The summed E-state index contributed by atoms with van der Waals surface area (Å²) >= 11 is -8.98. The van der Waals surface area contributed by atoms with Crippen LogP contribution in [0.3, 0.4) is 0 Å². The second kappa shape index (κ2) is 11.3. The average molecular weight is 790 g/mol. The van der Waals surface area contributed by atoms with Gasteiger partial charge in [-0.15, -0.1) is 0 Å². The van der Waals surface area contributed by atoms with Crippen molar-refractivity contribution in [1.29, 1.82) is 0 Å². The van der Waals surface area contributed by atoms with E-state index in [1.807, 2.05) is 0 Å². The van der Waals surface area contributed by atoms with Gasteiger partial charge in [0, 0.05) is 16.5 Å². The standard InChI is InChI=1S/C36H57PS.6FH.Sb/c1-31(2,3)23-18-25(33(7,8)9)29-26(19-23)36(16,17)22-37(29)38-30-27(34(10,11)12)20-24(32(4,5)6)21-28(30)35(13,14)15;;;;;;;/h18-21H,22H2,1-17H3;6*1H;/q;;;;;;;+5/p-5. The fraction of sp³-hybridized carbons (Fsp3) is 0.667. The van der Waals surface area contributed by atoms with E-state index in [4.69, 9.17) is 0 Å². The number of benzene rings is 2. The van der Waals surface area contributed by atoms with Crippen LogP contribution in [0.15, 0.2) is 29.2 Å². The van der Waals surface area contributed by atoms with Gasteiger partial charge in [-0.25, -0.2) is 0 Å². The van der Waals surface area contributed by atoms with Crippen molar-refractivity contribution in [2.24, 2.45) is 0 Å². The molecule has 1 aliphatic rings.